The molecule has 1 atom stereocenters. The smallest absolute Gasteiger partial charge is 0.225 e. The molecule has 0 spiro atoms. The lowest BCUT2D eigenvalue weighted by atomic mass is 9.96. The summed E-state index contributed by atoms with van der Waals surface area (Å²) in [7, 11) is 1.59. The van der Waals surface area contributed by atoms with Crippen LogP contribution in [0.1, 0.15) is 17.5 Å². The largest absolute Gasteiger partial charge is 0.496 e. The number of ether oxygens (including phenoxy) is 4. The van der Waals surface area contributed by atoms with E-state index >= 15 is 0 Å². The van der Waals surface area contributed by atoms with Crippen LogP contribution in [-0.4, -0.2) is 86.1 Å². The fraction of sp³-hybridized carbons (Fsp3) is 0.500. The summed E-state index contributed by atoms with van der Waals surface area (Å²) in [5.74, 6) is 1.39. The van der Waals surface area contributed by atoms with Crippen LogP contribution < -0.4 is 9.47 Å². The van der Waals surface area contributed by atoms with Gasteiger partial charge in [0.15, 0.2) is 0 Å². The third-order valence-corrected chi connectivity index (χ3v) is 6.65. The van der Waals surface area contributed by atoms with Gasteiger partial charge in [0.25, 0.3) is 0 Å². The van der Waals surface area contributed by atoms with Crippen LogP contribution in [0.25, 0.3) is 0 Å². The van der Waals surface area contributed by atoms with E-state index in [0.29, 0.717) is 62.5 Å². The number of hydrogen-bond acceptors (Lipinski definition) is 7. The molecule has 9 heteroatoms. The molecule has 2 saturated heterocycles. The summed E-state index contributed by atoms with van der Waals surface area (Å²) in [6.45, 7) is 4.86. The third-order valence-electron chi connectivity index (χ3n) is 6.40. The van der Waals surface area contributed by atoms with Crippen molar-refractivity contribution in [3.8, 4) is 11.5 Å². The van der Waals surface area contributed by atoms with Gasteiger partial charge in [-0.3, -0.25) is 9.69 Å². The first kappa shape index (κ1) is 25.7. The number of aliphatic hydroxyl groups is 1. The summed E-state index contributed by atoms with van der Waals surface area (Å²) in [6, 6.07) is 13.0. The summed E-state index contributed by atoms with van der Waals surface area (Å²) in [6.07, 6.45) is 0.224. The van der Waals surface area contributed by atoms with E-state index in [-0.39, 0.29) is 25.5 Å². The minimum absolute atomic E-state index is 0.0434. The number of amides is 1. The molecule has 0 radical (unpaired) electrons. The van der Waals surface area contributed by atoms with Gasteiger partial charge < -0.3 is 29.0 Å². The van der Waals surface area contributed by atoms with E-state index in [1.165, 1.54) is 0 Å². The first-order valence-electron chi connectivity index (χ1n) is 11.9. The van der Waals surface area contributed by atoms with Gasteiger partial charge in [0.2, 0.25) is 5.91 Å². The minimum atomic E-state index is -0.792. The number of aliphatic hydroxyl groups excluding tert-OH is 1. The molecular formula is C26H33ClN2O6. The topological polar surface area (TPSA) is 80.7 Å². The quantitative estimate of drug-likeness (QED) is 0.562. The van der Waals surface area contributed by atoms with Gasteiger partial charge in [0.05, 0.1) is 40.0 Å². The molecule has 4 rings (SSSR count). The Morgan fingerprint density at radius 1 is 1.11 bits per heavy atom. The lowest BCUT2D eigenvalue weighted by Crippen LogP contribution is -2.57. The number of carbonyl (C=O) groups excluding carboxylic acids is 1. The second kappa shape index (κ2) is 12.1. The maximum Gasteiger partial charge on any atom is 0.225 e. The molecule has 190 valence electrons. The van der Waals surface area contributed by atoms with E-state index in [9.17, 15) is 9.90 Å². The normalized spacial score (nSPS) is 21.1. The van der Waals surface area contributed by atoms with Gasteiger partial charge in [0, 0.05) is 43.3 Å². The number of hydrogen-bond donors (Lipinski definition) is 1. The van der Waals surface area contributed by atoms with Crippen LogP contribution in [0.4, 0.5) is 0 Å². The van der Waals surface area contributed by atoms with Gasteiger partial charge in [-0.05, 0) is 42.0 Å². The Labute approximate surface area is 211 Å². The van der Waals surface area contributed by atoms with Crippen LogP contribution in [0.3, 0.4) is 0 Å². The molecule has 0 saturated carbocycles. The monoisotopic (exact) mass is 504 g/mol. The van der Waals surface area contributed by atoms with E-state index < -0.39 is 5.60 Å². The molecule has 0 unspecified atom stereocenters. The third kappa shape index (κ3) is 6.86. The molecule has 2 heterocycles. The number of methoxy groups -OCH3 is 1. The highest BCUT2D eigenvalue weighted by molar-refractivity contribution is 6.30. The number of morpholine rings is 2. The van der Waals surface area contributed by atoms with E-state index in [1.54, 1.807) is 19.2 Å². The first-order chi connectivity index (χ1) is 17.0. The maximum atomic E-state index is 13.2. The van der Waals surface area contributed by atoms with E-state index in [0.717, 1.165) is 17.7 Å². The van der Waals surface area contributed by atoms with Gasteiger partial charge in [-0.2, -0.15) is 0 Å². The molecule has 0 bridgehead atoms. The Morgan fingerprint density at radius 3 is 2.60 bits per heavy atom. The zero-order valence-corrected chi connectivity index (χ0v) is 20.8. The van der Waals surface area contributed by atoms with Gasteiger partial charge in [-0.1, -0.05) is 17.7 Å². The maximum absolute atomic E-state index is 13.2. The second-order valence-electron chi connectivity index (χ2n) is 8.96. The average molecular weight is 505 g/mol. The average Bonchev–Trinajstić information content (AvgIpc) is 2.89. The zero-order chi connectivity index (χ0) is 24.7. The van der Waals surface area contributed by atoms with Gasteiger partial charge in [0.1, 0.15) is 23.7 Å². The van der Waals surface area contributed by atoms with Crippen LogP contribution in [0.15, 0.2) is 42.5 Å². The fourth-order valence-corrected chi connectivity index (χ4v) is 4.69. The van der Waals surface area contributed by atoms with Crippen molar-refractivity contribution in [1.29, 1.82) is 0 Å². The van der Waals surface area contributed by atoms with Gasteiger partial charge >= 0.3 is 0 Å². The van der Waals surface area contributed by atoms with Crippen molar-refractivity contribution in [2.45, 2.75) is 25.2 Å². The van der Waals surface area contributed by atoms with Crippen molar-refractivity contribution < 1.29 is 28.8 Å². The second-order valence-corrected chi connectivity index (χ2v) is 9.40. The number of nitrogens with zero attached hydrogens (tertiary/aromatic N) is 2. The number of carbonyl (C=O) groups is 1. The van der Waals surface area contributed by atoms with Crippen molar-refractivity contribution in [3.05, 3.63) is 58.6 Å². The Hall–Kier alpha value is -2.36. The number of rotatable bonds is 9. The summed E-state index contributed by atoms with van der Waals surface area (Å²) < 4.78 is 23.1. The van der Waals surface area contributed by atoms with Crippen LogP contribution in [0.5, 0.6) is 11.5 Å². The molecule has 2 aromatic carbocycles. The van der Waals surface area contributed by atoms with Crippen molar-refractivity contribution in [1.82, 2.24) is 9.80 Å². The number of halogens is 1. The number of benzene rings is 2. The zero-order valence-electron chi connectivity index (χ0n) is 20.1. The molecule has 1 amide bonds. The SMILES string of the molecule is COc1ccc(CN2CCO[C@](COc3ccc(Cl)cc3)(CC(=O)N3CCOCC3)C2)cc1CO. The lowest BCUT2D eigenvalue weighted by molar-refractivity contribution is -0.159. The Morgan fingerprint density at radius 2 is 1.89 bits per heavy atom. The summed E-state index contributed by atoms with van der Waals surface area (Å²) in [5, 5.41) is 10.3. The van der Waals surface area contributed by atoms with E-state index in [4.69, 9.17) is 30.5 Å². The first-order valence-corrected chi connectivity index (χ1v) is 12.2. The van der Waals surface area contributed by atoms with Crippen molar-refractivity contribution in [3.63, 3.8) is 0 Å². The molecule has 0 aromatic heterocycles. The Bertz CT molecular complexity index is 982. The van der Waals surface area contributed by atoms with Crippen molar-refractivity contribution in [2.24, 2.45) is 0 Å². The van der Waals surface area contributed by atoms with Crippen LogP contribution >= 0.6 is 11.6 Å². The van der Waals surface area contributed by atoms with Gasteiger partial charge in [-0.15, -0.1) is 0 Å². The predicted octanol–water partition coefficient (Wildman–Crippen LogP) is 2.74. The molecule has 0 aliphatic carbocycles. The summed E-state index contributed by atoms with van der Waals surface area (Å²) in [4.78, 5) is 17.3. The molecule has 2 fully saturated rings. The Kier molecular flexibility index (Phi) is 8.86. The standard InChI is InChI=1S/C26H33ClN2O6/c1-32-24-7-2-20(14-21(24)17-30)16-28-8-13-35-26(18-28,15-25(31)29-9-11-33-12-10-29)19-34-23-5-3-22(27)4-6-23/h2-7,14,30H,8-13,15-19H2,1H3/t26-/m1/s1. The Balaban J connectivity index is 1.49. The predicted molar refractivity (Wildman–Crippen MR) is 132 cm³/mol. The molecule has 2 aliphatic rings. The molecule has 35 heavy (non-hydrogen) atoms. The van der Waals surface area contributed by atoms with Crippen LogP contribution in [0.2, 0.25) is 5.02 Å². The highest BCUT2D eigenvalue weighted by atomic mass is 35.5. The van der Waals surface area contributed by atoms with Crippen molar-refractivity contribution >= 4 is 17.5 Å². The summed E-state index contributed by atoms with van der Waals surface area (Å²) in [5.41, 5.74) is 1.02. The molecule has 2 aliphatic heterocycles. The van der Waals surface area contributed by atoms with E-state index in [1.807, 2.05) is 35.2 Å². The van der Waals surface area contributed by atoms with Gasteiger partial charge in [-0.25, -0.2) is 0 Å². The van der Waals surface area contributed by atoms with E-state index in [2.05, 4.69) is 4.90 Å². The molecular weight excluding hydrogens is 472 g/mol. The van der Waals surface area contributed by atoms with Crippen molar-refractivity contribution in [2.75, 3.05) is 59.7 Å². The highest BCUT2D eigenvalue weighted by Crippen LogP contribution is 2.28. The molecule has 8 nitrogen and oxygen atoms in total. The van der Waals surface area contributed by atoms with Crippen LogP contribution in [-0.2, 0) is 27.4 Å². The molecule has 1 N–H and O–H groups in total. The minimum Gasteiger partial charge on any atom is -0.496 e. The lowest BCUT2D eigenvalue weighted by Gasteiger charge is -2.43. The van der Waals surface area contributed by atoms with Crippen LogP contribution in [0, 0.1) is 0 Å². The highest BCUT2D eigenvalue weighted by Gasteiger charge is 2.41. The molecule has 2 aromatic rings. The fourth-order valence-electron chi connectivity index (χ4n) is 4.56. The summed E-state index contributed by atoms with van der Waals surface area (Å²) >= 11 is 6.01.